The molecule has 0 aliphatic rings. The van der Waals surface area contributed by atoms with E-state index >= 15 is 0 Å². The first kappa shape index (κ1) is 9.39. The van der Waals surface area contributed by atoms with Gasteiger partial charge in [0.05, 0.1) is 0 Å². The van der Waals surface area contributed by atoms with Crippen molar-refractivity contribution >= 4 is 11.6 Å². The lowest BCUT2D eigenvalue weighted by molar-refractivity contribution is 0.299. The lowest BCUT2D eigenvalue weighted by Crippen LogP contribution is -2.09. The first-order valence-corrected chi connectivity index (χ1v) is 3.63. The molecule has 0 aliphatic carbocycles. The lowest BCUT2D eigenvalue weighted by atomic mass is 10.1. The van der Waals surface area contributed by atoms with Gasteiger partial charge in [0.1, 0.15) is 0 Å². The summed E-state index contributed by atoms with van der Waals surface area (Å²) in [4.78, 5) is 0. The van der Waals surface area contributed by atoms with Gasteiger partial charge in [-0.1, -0.05) is 23.7 Å². The summed E-state index contributed by atoms with van der Waals surface area (Å²) in [6.45, 7) is 0.951. The molecular formula is C8H6ClF3. The maximum absolute atomic E-state index is 12.9. The quantitative estimate of drug-likeness (QED) is 0.602. The number of hydrogen-bond acceptors (Lipinski definition) is 0. The van der Waals surface area contributed by atoms with Gasteiger partial charge in [0, 0.05) is 5.56 Å². The third kappa shape index (κ3) is 1.72. The highest BCUT2D eigenvalue weighted by Crippen LogP contribution is 2.32. The molecule has 12 heavy (non-hydrogen) atoms. The molecule has 1 aromatic carbocycles. The average Bonchev–Trinajstić information content (AvgIpc) is 1.92. The zero-order chi connectivity index (χ0) is 9.35. The zero-order valence-electron chi connectivity index (χ0n) is 6.24. The molecule has 4 heteroatoms. The predicted molar refractivity (Wildman–Crippen MR) is 40.7 cm³/mol. The van der Waals surface area contributed by atoms with Gasteiger partial charge in [-0.05, 0) is 13.0 Å². The van der Waals surface area contributed by atoms with Crippen molar-refractivity contribution in [2.45, 2.75) is 12.1 Å². The minimum atomic E-state index is -2.37. The number of halogens is 4. The molecule has 0 aliphatic heterocycles. The standard InChI is InChI=1S/C8H6ClF3/c1-8(9,12)5-3-2-4-6(10)7(5)11/h2-4H,1H3. The van der Waals surface area contributed by atoms with E-state index in [0.717, 1.165) is 19.1 Å². The van der Waals surface area contributed by atoms with Gasteiger partial charge in [-0.3, -0.25) is 0 Å². The summed E-state index contributed by atoms with van der Waals surface area (Å²) in [6, 6.07) is 3.21. The smallest absolute Gasteiger partial charge is 0.208 e. The number of benzene rings is 1. The Hall–Kier alpha value is -0.700. The Bertz CT molecular complexity index is 291. The van der Waals surface area contributed by atoms with Crippen molar-refractivity contribution < 1.29 is 13.2 Å². The summed E-state index contributed by atoms with van der Waals surface area (Å²) in [5.74, 6) is -2.34. The van der Waals surface area contributed by atoms with Gasteiger partial charge >= 0.3 is 0 Å². The zero-order valence-corrected chi connectivity index (χ0v) is 7.00. The van der Waals surface area contributed by atoms with E-state index in [9.17, 15) is 13.2 Å². The van der Waals surface area contributed by atoms with E-state index in [4.69, 9.17) is 11.6 Å². The van der Waals surface area contributed by atoms with Gasteiger partial charge in [-0.15, -0.1) is 0 Å². The van der Waals surface area contributed by atoms with E-state index in [1.54, 1.807) is 0 Å². The molecule has 0 saturated heterocycles. The Morgan fingerprint density at radius 1 is 1.33 bits per heavy atom. The second kappa shape index (κ2) is 2.98. The topological polar surface area (TPSA) is 0 Å². The van der Waals surface area contributed by atoms with Crippen LogP contribution in [0.3, 0.4) is 0 Å². The van der Waals surface area contributed by atoms with Gasteiger partial charge < -0.3 is 0 Å². The van der Waals surface area contributed by atoms with Crippen molar-refractivity contribution in [1.29, 1.82) is 0 Å². The summed E-state index contributed by atoms with van der Waals surface area (Å²) in [5.41, 5.74) is -0.482. The molecular weight excluding hydrogens is 189 g/mol. The largest absolute Gasteiger partial charge is 0.221 e. The Morgan fingerprint density at radius 3 is 2.33 bits per heavy atom. The minimum Gasteiger partial charge on any atom is -0.221 e. The van der Waals surface area contributed by atoms with Crippen molar-refractivity contribution in [3.05, 3.63) is 35.4 Å². The third-order valence-corrected chi connectivity index (χ3v) is 1.63. The summed E-state index contributed by atoms with van der Waals surface area (Å²) in [5, 5.41) is -2.37. The molecule has 0 fully saturated rings. The summed E-state index contributed by atoms with van der Waals surface area (Å²) < 4.78 is 38.2. The highest BCUT2D eigenvalue weighted by Gasteiger charge is 2.27. The molecule has 0 aromatic heterocycles. The molecule has 66 valence electrons. The highest BCUT2D eigenvalue weighted by molar-refractivity contribution is 6.22. The normalized spacial score (nSPS) is 15.8. The third-order valence-electron chi connectivity index (χ3n) is 1.42. The van der Waals surface area contributed by atoms with Crippen LogP contribution in [0.1, 0.15) is 12.5 Å². The van der Waals surface area contributed by atoms with E-state index in [-0.39, 0.29) is 0 Å². The van der Waals surface area contributed by atoms with Crippen LogP contribution in [0.2, 0.25) is 0 Å². The Balaban J connectivity index is 3.26. The van der Waals surface area contributed by atoms with Crippen LogP contribution in [0, 0.1) is 11.6 Å². The van der Waals surface area contributed by atoms with E-state index < -0.39 is 22.3 Å². The van der Waals surface area contributed by atoms with Crippen molar-refractivity contribution in [3.8, 4) is 0 Å². The van der Waals surface area contributed by atoms with Crippen molar-refractivity contribution in [2.75, 3.05) is 0 Å². The molecule has 0 N–H and O–H groups in total. The Labute approximate surface area is 73.0 Å². The van der Waals surface area contributed by atoms with Gasteiger partial charge in [0.2, 0.25) is 5.13 Å². The molecule has 0 spiro atoms. The molecule has 0 saturated carbocycles. The lowest BCUT2D eigenvalue weighted by Gasteiger charge is -2.12. The maximum Gasteiger partial charge on any atom is 0.208 e. The monoisotopic (exact) mass is 194 g/mol. The van der Waals surface area contributed by atoms with E-state index in [1.807, 2.05) is 0 Å². The van der Waals surface area contributed by atoms with Crippen LogP contribution < -0.4 is 0 Å². The number of rotatable bonds is 1. The number of hydrogen-bond donors (Lipinski definition) is 0. The molecule has 1 aromatic rings. The molecule has 0 bridgehead atoms. The summed E-state index contributed by atoms with van der Waals surface area (Å²) >= 11 is 5.16. The van der Waals surface area contributed by atoms with Crippen LogP contribution in [-0.4, -0.2) is 0 Å². The first-order valence-electron chi connectivity index (χ1n) is 3.25. The van der Waals surface area contributed by atoms with Crippen LogP contribution in [-0.2, 0) is 5.13 Å². The SMILES string of the molecule is CC(F)(Cl)c1cccc(F)c1F. The fourth-order valence-electron chi connectivity index (χ4n) is 0.843. The molecule has 0 nitrogen and oxygen atoms in total. The van der Waals surface area contributed by atoms with Gasteiger partial charge in [0.25, 0.3) is 0 Å². The second-order valence-corrected chi connectivity index (χ2v) is 3.20. The Kier molecular flexibility index (Phi) is 2.33. The average molecular weight is 195 g/mol. The van der Waals surface area contributed by atoms with E-state index in [1.165, 1.54) is 6.07 Å². The first-order chi connectivity index (χ1) is 5.43. The van der Waals surface area contributed by atoms with Crippen molar-refractivity contribution in [3.63, 3.8) is 0 Å². The van der Waals surface area contributed by atoms with Gasteiger partial charge in [0.15, 0.2) is 11.6 Å². The van der Waals surface area contributed by atoms with Crippen LogP contribution in [0.5, 0.6) is 0 Å². The second-order valence-electron chi connectivity index (χ2n) is 2.49. The summed E-state index contributed by atoms with van der Waals surface area (Å²) in [6.07, 6.45) is 0. The molecule has 1 atom stereocenters. The van der Waals surface area contributed by atoms with Crippen LogP contribution in [0.25, 0.3) is 0 Å². The van der Waals surface area contributed by atoms with Gasteiger partial charge in [-0.25, -0.2) is 13.2 Å². The Morgan fingerprint density at radius 2 is 1.92 bits per heavy atom. The maximum atomic E-state index is 12.9. The van der Waals surface area contributed by atoms with E-state index in [2.05, 4.69) is 0 Å². The van der Waals surface area contributed by atoms with Crippen LogP contribution in [0.4, 0.5) is 13.2 Å². The van der Waals surface area contributed by atoms with Gasteiger partial charge in [-0.2, -0.15) is 0 Å². The fourth-order valence-corrected chi connectivity index (χ4v) is 0.989. The molecule has 0 heterocycles. The van der Waals surface area contributed by atoms with Crippen molar-refractivity contribution in [2.24, 2.45) is 0 Å². The predicted octanol–water partition coefficient (Wildman–Crippen LogP) is 3.35. The molecule has 0 amide bonds. The van der Waals surface area contributed by atoms with Crippen LogP contribution in [0.15, 0.2) is 18.2 Å². The molecule has 1 unspecified atom stereocenters. The molecule has 1 rings (SSSR count). The highest BCUT2D eigenvalue weighted by atomic mass is 35.5. The molecule has 0 radical (unpaired) electrons. The minimum absolute atomic E-state index is 0.482. The van der Waals surface area contributed by atoms with E-state index in [0.29, 0.717) is 0 Å². The fraction of sp³-hybridized carbons (Fsp3) is 0.250. The number of alkyl halides is 2. The summed E-state index contributed by atoms with van der Waals surface area (Å²) in [7, 11) is 0. The van der Waals surface area contributed by atoms with Crippen LogP contribution >= 0.6 is 11.6 Å². The van der Waals surface area contributed by atoms with Crippen molar-refractivity contribution in [1.82, 2.24) is 0 Å².